The summed E-state index contributed by atoms with van der Waals surface area (Å²) in [5.41, 5.74) is 0. The molecular formula is C61H125N5O. The van der Waals surface area contributed by atoms with Gasteiger partial charge in [0.15, 0.2) is 0 Å². The molecule has 0 radical (unpaired) electrons. The van der Waals surface area contributed by atoms with Crippen LogP contribution in [0.5, 0.6) is 0 Å². The number of piperazine rings is 1. The van der Waals surface area contributed by atoms with Crippen LogP contribution < -0.4 is 0 Å². The number of carbonyl (C=O) groups excluding carboxylic acids is 1. The fraction of sp³-hybridized carbons (Fsp3) is 0.984. The summed E-state index contributed by atoms with van der Waals surface area (Å²) in [4.78, 5) is 27.1. The molecule has 1 saturated heterocycles. The molecule has 1 heterocycles. The summed E-state index contributed by atoms with van der Waals surface area (Å²) in [7, 11) is 0. The van der Waals surface area contributed by atoms with E-state index in [0.29, 0.717) is 12.5 Å². The lowest BCUT2D eigenvalue weighted by atomic mass is 10.1. The third kappa shape index (κ3) is 42.7. The summed E-state index contributed by atoms with van der Waals surface area (Å²) < 4.78 is 0. The SMILES string of the molecule is CCCCCCCCCCCCN(CCCCCCCCCCCC)CCN1CCN(C(=O)CN(CCCCCCCCC)CCN(CCCCCCCCC)CCCCCCCCC)CC1. The van der Waals surface area contributed by atoms with Crippen molar-refractivity contribution in [3.8, 4) is 0 Å². The van der Waals surface area contributed by atoms with Crippen molar-refractivity contribution in [2.45, 2.75) is 298 Å². The van der Waals surface area contributed by atoms with Gasteiger partial charge in [0.2, 0.25) is 5.91 Å². The smallest absolute Gasteiger partial charge is 0.236 e. The Kier molecular flexibility index (Phi) is 49.6. The zero-order valence-electron chi connectivity index (χ0n) is 47.0. The Bertz CT molecular complexity index is 929. The van der Waals surface area contributed by atoms with Gasteiger partial charge in [-0.25, -0.2) is 0 Å². The van der Waals surface area contributed by atoms with Crippen molar-refractivity contribution in [1.29, 1.82) is 0 Å². The zero-order chi connectivity index (χ0) is 48.4. The molecule has 0 N–H and O–H groups in total. The normalized spacial score (nSPS) is 13.6. The van der Waals surface area contributed by atoms with Gasteiger partial charge >= 0.3 is 0 Å². The van der Waals surface area contributed by atoms with Crippen molar-refractivity contribution in [1.82, 2.24) is 24.5 Å². The molecule has 1 aliphatic heterocycles. The Morgan fingerprint density at radius 3 is 0.821 bits per heavy atom. The predicted molar refractivity (Wildman–Crippen MR) is 300 cm³/mol. The number of carbonyl (C=O) groups is 1. The van der Waals surface area contributed by atoms with E-state index in [9.17, 15) is 4.79 Å². The average Bonchev–Trinajstić information content (AvgIpc) is 3.34. The number of hydrogen-bond donors (Lipinski definition) is 0. The average molecular weight is 945 g/mol. The Morgan fingerprint density at radius 1 is 0.284 bits per heavy atom. The molecule has 1 amide bonds. The van der Waals surface area contributed by atoms with Crippen LogP contribution in [-0.4, -0.2) is 122 Å². The number of rotatable bonds is 54. The van der Waals surface area contributed by atoms with Crippen molar-refractivity contribution in [3.63, 3.8) is 0 Å². The van der Waals surface area contributed by atoms with Crippen LogP contribution in [0, 0.1) is 0 Å². The minimum Gasteiger partial charge on any atom is -0.339 e. The molecule has 0 unspecified atom stereocenters. The monoisotopic (exact) mass is 944 g/mol. The molecule has 0 bridgehead atoms. The van der Waals surface area contributed by atoms with Gasteiger partial charge in [-0.05, 0) is 64.8 Å². The second kappa shape index (κ2) is 51.7. The van der Waals surface area contributed by atoms with Gasteiger partial charge in [-0.3, -0.25) is 14.6 Å². The molecule has 6 heteroatoms. The highest BCUT2D eigenvalue weighted by atomic mass is 16.2. The van der Waals surface area contributed by atoms with Gasteiger partial charge < -0.3 is 14.7 Å². The molecule has 0 atom stereocenters. The van der Waals surface area contributed by atoms with Gasteiger partial charge in [-0.2, -0.15) is 0 Å². The van der Waals surface area contributed by atoms with E-state index < -0.39 is 0 Å². The van der Waals surface area contributed by atoms with Crippen LogP contribution in [0.15, 0.2) is 0 Å². The first kappa shape index (κ1) is 64.3. The minimum atomic E-state index is 0.386. The predicted octanol–water partition coefficient (Wildman–Crippen LogP) is 17.1. The third-order valence-corrected chi connectivity index (χ3v) is 15.4. The zero-order valence-corrected chi connectivity index (χ0v) is 47.0. The molecule has 1 fully saturated rings. The minimum absolute atomic E-state index is 0.386. The van der Waals surface area contributed by atoms with Crippen molar-refractivity contribution >= 4 is 5.91 Å². The molecule has 0 aliphatic carbocycles. The topological polar surface area (TPSA) is 33.3 Å². The fourth-order valence-corrected chi connectivity index (χ4v) is 10.5. The first-order valence-electron chi connectivity index (χ1n) is 31.2. The van der Waals surface area contributed by atoms with E-state index in [4.69, 9.17) is 0 Å². The number of nitrogens with zero attached hydrogens (tertiary/aromatic N) is 5. The molecule has 0 saturated carbocycles. The third-order valence-electron chi connectivity index (χ3n) is 15.4. The highest BCUT2D eigenvalue weighted by Gasteiger charge is 2.23. The van der Waals surface area contributed by atoms with Gasteiger partial charge in [-0.15, -0.1) is 0 Å². The molecule has 1 rings (SSSR count). The van der Waals surface area contributed by atoms with Gasteiger partial charge in [0.25, 0.3) is 0 Å². The van der Waals surface area contributed by atoms with Gasteiger partial charge in [0.1, 0.15) is 0 Å². The van der Waals surface area contributed by atoms with Crippen molar-refractivity contribution in [2.75, 3.05) is 91.6 Å². The summed E-state index contributed by atoms with van der Waals surface area (Å²) >= 11 is 0. The van der Waals surface area contributed by atoms with Crippen LogP contribution in [-0.2, 0) is 4.79 Å². The van der Waals surface area contributed by atoms with E-state index in [1.54, 1.807) is 0 Å². The second-order valence-electron chi connectivity index (χ2n) is 21.9. The second-order valence-corrected chi connectivity index (χ2v) is 21.9. The standard InChI is InChI=1S/C61H125N5O/c1-6-11-16-21-26-28-30-35-39-44-47-62(48-45-40-36-31-29-27-22-17-12-7-2)52-53-64-56-58-66(59-57-64)61(67)60-65(51-46-41-34-25-20-15-10-5)55-54-63(49-42-37-32-23-18-13-8-3)50-43-38-33-24-19-14-9-4/h6-60H2,1-5H3. The van der Waals surface area contributed by atoms with Crippen molar-refractivity contribution in [2.24, 2.45) is 0 Å². The fourth-order valence-electron chi connectivity index (χ4n) is 10.5. The summed E-state index contributed by atoms with van der Waals surface area (Å²) in [5, 5.41) is 0. The lowest BCUT2D eigenvalue weighted by Crippen LogP contribution is -2.52. The maximum atomic E-state index is 14.1. The first-order valence-corrected chi connectivity index (χ1v) is 31.2. The lowest BCUT2D eigenvalue weighted by Gasteiger charge is -2.37. The van der Waals surface area contributed by atoms with Gasteiger partial charge in [-0.1, -0.05) is 266 Å². The number of unbranched alkanes of at least 4 members (excludes halogenated alkanes) is 36. The Labute approximate surface area is 423 Å². The number of hydrogen-bond acceptors (Lipinski definition) is 5. The summed E-state index contributed by atoms with van der Waals surface area (Å²) in [5.74, 6) is 0.386. The van der Waals surface area contributed by atoms with Crippen molar-refractivity contribution in [3.05, 3.63) is 0 Å². The van der Waals surface area contributed by atoms with Crippen LogP contribution >= 0.6 is 0 Å². The molecule has 6 nitrogen and oxygen atoms in total. The molecule has 0 aromatic carbocycles. The first-order chi connectivity index (χ1) is 33.1. The van der Waals surface area contributed by atoms with E-state index in [2.05, 4.69) is 59.1 Å². The van der Waals surface area contributed by atoms with Crippen molar-refractivity contribution < 1.29 is 4.79 Å². The van der Waals surface area contributed by atoms with E-state index in [1.807, 2.05) is 0 Å². The largest absolute Gasteiger partial charge is 0.339 e. The maximum Gasteiger partial charge on any atom is 0.236 e. The quantitative estimate of drug-likeness (QED) is 0.0568. The Balaban J connectivity index is 2.70. The Hall–Kier alpha value is -0.690. The van der Waals surface area contributed by atoms with Gasteiger partial charge in [0.05, 0.1) is 6.54 Å². The van der Waals surface area contributed by atoms with Crippen LogP contribution in [0.3, 0.4) is 0 Å². The van der Waals surface area contributed by atoms with E-state index >= 15 is 0 Å². The van der Waals surface area contributed by atoms with E-state index in [1.165, 1.54) is 296 Å². The molecule has 0 aromatic rings. The summed E-state index contributed by atoms with van der Waals surface area (Å²) in [6.07, 6.45) is 56.9. The molecule has 400 valence electrons. The molecule has 0 spiro atoms. The van der Waals surface area contributed by atoms with Crippen LogP contribution in [0.2, 0.25) is 0 Å². The molecular weight excluding hydrogens is 819 g/mol. The van der Waals surface area contributed by atoms with Crippen LogP contribution in [0.25, 0.3) is 0 Å². The van der Waals surface area contributed by atoms with E-state index in [0.717, 1.165) is 52.4 Å². The maximum absolute atomic E-state index is 14.1. The number of amides is 1. The summed E-state index contributed by atoms with van der Waals surface area (Å²) in [6, 6.07) is 0. The highest BCUT2D eigenvalue weighted by Crippen LogP contribution is 2.16. The summed E-state index contributed by atoms with van der Waals surface area (Å²) in [6.45, 7) is 26.7. The van der Waals surface area contributed by atoms with E-state index in [-0.39, 0.29) is 0 Å². The molecule has 67 heavy (non-hydrogen) atoms. The highest BCUT2D eigenvalue weighted by molar-refractivity contribution is 5.78. The lowest BCUT2D eigenvalue weighted by molar-refractivity contribution is -0.134. The van der Waals surface area contributed by atoms with Crippen LogP contribution in [0.4, 0.5) is 0 Å². The van der Waals surface area contributed by atoms with Gasteiger partial charge in [0, 0.05) is 52.4 Å². The molecule has 1 aliphatic rings. The van der Waals surface area contributed by atoms with Crippen LogP contribution in [0.1, 0.15) is 298 Å². The Morgan fingerprint density at radius 2 is 0.522 bits per heavy atom. The molecule has 0 aromatic heterocycles.